The lowest BCUT2D eigenvalue weighted by atomic mass is 9.82. The number of Topliss-reactive ketones (excluding diaryl/α,β-unsaturated/α-hetero) is 1. The van der Waals surface area contributed by atoms with Crippen molar-refractivity contribution >= 4 is 34.8 Å². The maximum Gasteiger partial charge on any atom is 0.321 e. The summed E-state index contributed by atoms with van der Waals surface area (Å²) >= 11 is 0. The number of urea groups is 1. The number of aryl methyl sites for hydroxylation is 2. The van der Waals surface area contributed by atoms with Crippen LogP contribution in [0.25, 0.3) is 0 Å². The van der Waals surface area contributed by atoms with Gasteiger partial charge in [0.15, 0.2) is 5.78 Å². The molecule has 3 amide bonds. The summed E-state index contributed by atoms with van der Waals surface area (Å²) in [5.41, 5.74) is 5.15. The highest BCUT2D eigenvalue weighted by atomic mass is 16.2. The number of amides is 3. The van der Waals surface area contributed by atoms with Crippen LogP contribution in [0.1, 0.15) is 80.9 Å². The smallest absolute Gasteiger partial charge is 0.308 e. The molecule has 7 heteroatoms. The van der Waals surface area contributed by atoms with Crippen LogP contribution < -0.4 is 15.5 Å². The molecule has 39 heavy (non-hydrogen) atoms. The number of aliphatic imine (C=N–C) groups is 1. The minimum Gasteiger partial charge on any atom is -0.308 e. The molecule has 0 radical (unpaired) electrons. The van der Waals surface area contributed by atoms with Crippen molar-refractivity contribution < 1.29 is 14.4 Å². The third kappa shape index (κ3) is 6.23. The Balaban J connectivity index is 1.50. The summed E-state index contributed by atoms with van der Waals surface area (Å²) < 4.78 is 0. The van der Waals surface area contributed by atoms with Gasteiger partial charge in [-0.3, -0.25) is 14.6 Å². The second kappa shape index (κ2) is 12.1. The second-order valence-corrected chi connectivity index (χ2v) is 11.4. The number of ketones is 1. The molecule has 1 heterocycles. The normalized spacial score (nSPS) is 20.6. The van der Waals surface area contributed by atoms with Crippen molar-refractivity contribution in [2.24, 2.45) is 16.8 Å². The first kappa shape index (κ1) is 27.1. The molecular weight excluding hydrogens is 488 g/mol. The zero-order chi connectivity index (χ0) is 27.4. The van der Waals surface area contributed by atoms with Crippen molar-refractivity contribution in [2.75, 3.05) is 16.8 Å². The lowest BCUT2D eigenvalue weighted by Gasteiger charge is -2.29. The van der Waals surface area contributed by atoms with Crippen molar-refractivity contribution in [3.05, 3.63) is 59.2 Å². The highest BCUT2D eigenvalue weighted by Gasteiger charge is 2.37. The molecule has 1 atom stereocenters. The van der Waals surface area contributed by atoms with Crippen molar-refractivity contribution in [1.29, 1.82) is 0 Å². The Morgan fingerprint density at radius 2 is 1.62 bits per heavy atom. The van der Waals surface area contributed by atoms with Gasteiger partial charge in [-0.15, -0.1) is 0 Å². The quantitative estimate of drug-likeness (QED) is 0.460. The van der Waals surface area contributed by atoms with Gasteiger partial charge in [-0.2, -0.15) is 0 Å². The Kier molecular flexibility index (Phi) is 8.44. The van der Waals surface area contributed by atoms with Gasteiger partial charge in [0, 0.05) is 23.1 Å². The average Bonchev–Trinajstić information content (AvgIpc) is 3.05. The average molecular weight is 529 g/mol. The van der Waals surface area contributed by atoms with Crippen LogP contribution in [0.4, 0.5) is 16.2 Å². The molecule has 2 aromatic carbocycles. The second-order valence-electron chi connectivity index (χ2n) is 11.4. The third-order valence-electron chi connectivity index (χ3n) is 8.46. The Bertz CT molecular complexity index is 1260. The molecule has 0 spiro atoms. The van der Waals surface area contributed by atoms with E-state index in [1.54, 1.807) is 4.90 Å². The Morgan fingerprint density at radius 3 is 2.33 bits per heavy atom. The highest BCUT2D eigenvalue weighted by molar-refractivity contribution is 6.16. The molecular formula is C32H40N4O3. The molecule has 0 saturated heterocycles. The standard InChI is InChI=1S/C32H40N4O3/c1-21-11-9-17-25(19-21)33-32(39)35-30-31(38)36(20-27(37)23-13-5-3-6-14-23)29-22(2)12-10-18-26(29)28(34-30)24-15-7-4-8-16-24/h9-12,17-19,23-24,30H,3-8,13-16,20H2,1-2H3,(H2,33,35,39). The monoisotopic (exact) mass is 528 g/mol. The van der Waals surface area contributed by atoms with E-state index in [0.29, 0.717) is 5.69 Å². The summed E-state index contributed by atoms with van der Waals surface area (Å²) in [6, 6.07) is 13.0. The molecule has 2 fully saturated rings. The van der Waals surface area contributed by atoms with Crippen LogP contribution in [0.3, 0.4) is 0 Å². The number of benzodiazepines with no additional fused rings is 1. The summed E-state index contributed by atoms with van der Waals surface area (Å²) in [5, 5.41) is 5.69. The van der Waals surface area contributed by atoms with Gasteiger partial charge in [0.25, 0.3) is 5.91 Å². The summed E-state index contributed by atoms with van der Waals surface area (Å²) in [4.78, 5) is 47.4. The van der Waals surface area contributed by atoms with E-state index in [-0.39, 0.29) is 30.1 Å². The number of carbonyl (C=O) groups excluding carboxylic acids is 3. The number of nitrogens with zero attached hydrogens (tertiary/aromatic N) is 2. The molecule has 3 aliphatic rings. The summed E-state index contributed by atoms with van der Waals surface area (Å²) in [7, 11) is 0. The molecule has 2 aromatic rings. The predicted octanol–water partition coefficient (Wildman–Crippen LogP) is 6.32. The molecule has 2 saturated carbocycles. The highest BCUT2D eigenvalue weighted by Crippen LogP contribution is 2.36. The van der Waals surface area contributed by atoms with Gasteiger partial charge in [0.2, 0.25) is 6.17 Å². The Morgan fingerprint density at radius 1 is 0.923 bits per heavy atom. The lowest BCUT2D eigenvalue weighted by Crippen LogP contribution is -2.50. The van der Waals surface area contributed by atoms with Gasteiger partial charge in [-0.05, 0) is 62.8 Å². The van der Waals surface area contributed by atoms with Crippen LogP contribution >= 0.6 is 0 Å². The van der Waals surface area contributed by atoms with Crippen LogP contribution in [-0.2, 0) is 9.59 Å². The lowest BCUT2D eigenvalue weighted by molar-refractivity contribution is -0.126. The molecule has 206 valence electrons. The van der Waals surface area contributed by atoms with Gasteiger partial charge in [-0.25, -0.2) is 4.79 Å². The van der Waals surface area contributed by atoms with E-state index in [2.05, 4.69) is 10.6 Å². The summed E-state index contributed by atoms with van der Waals surface area (Å²) in [6.07, 6.45) is 9.36. The van der Waals surface area contributed by atoms with E-state index in [1.807, 2.05) is 56.3 Å². The van der Waals surface area contributed by atoms with Crippen LogP contribution in [0.2, 0.25) is 0 Å². The maximum absolute atomic E-state index is 14.2. The number of nitrogens with one attached hydrogen (secondary N) is 2. The zero-order valence-electron chi connectivity index (χ0n) is 23.2. The minimum atomic E-state index is -1.11. The first-order valence-electron chi connectivity index (χ1n) is 14.6. The van der Waals surface area contributed by atoms with Gasteiger partial charge < -0.3 is 15.5 Å². The molecule has 5 rings (SSSR count). The SMILES string of the molecule is Cc1cccc(NC(=O)NC2N=C(C3CCCCC3)c3cccc(C)c3N(CC(=O)C3CCCCC3)C2=O)c1. The van der Waals surface area contributed by atoms with Gasteiger partial charge in [-0.1, -0.05) is 68.9 Å². The van der Waals surface area contributed by atoms with E-state index in [9.17, 15) is 14.4 Å². The predicted molar refractivity (Wildman–Crippen MR) is 155 cm³/mol. The molecule has 2 N–H and O–H groups in total. The van der Waals surface area contributed by atoms with E-state index in [1.165, 1.54) is 6.42 Å². The molecule has 7 nitrogen and oxygen atoms in total. The maximum atomic E-state index is 14.2. The van der Waals surface area contributed by atoms with Gasteiger partial charge >= 0.3 is 6.03 Å². The minimum absolute atomic E-state index is 0.00645. The largest absolute Gasteiger partial charge is 0.321 e. The number of hydrogen-bond donors (Lipinski definition) is 2. The number of carbonyl (C=O) groups is 3. The van der Waals surface area contributed by atoms with Crippen molar-refractivity contribution in [3.8, 4) is 0 Å². The molecule has 1 unspecified atom stereocenters. The first-order valence-corrected chi connectivity index (χ1v) is 14.6. The van der Waals surface area contributed by atoms with Crippen LogP contribution in [0.15, 0.2) is 47.5 Å². The van der Waals surface area contributed by atoms with E-state index in [0.717, 1.165) is 85.9 Å². The fourth-order valence-electron chi connectivity index (χ4n) is 6.42. The molecule has 1 aliphatic heterocycles. The first-order chi connectivity index (χ1) is 18.9. The molecule has 0 aromatic heterocycles. The number of benzene rings is 2. The molecule has 0 bridgehead atoms. The Hall–Kier alpha value is -3.48. The van der Waals surface area contributed by atoms with Crippen LogP contribution in [-0.4, -0.2) is 36.1 Å². The van der Waals surface area contributed by atoms with Crippen LogP contribution in [0.5, 0.6) is 0 Å². The number of fused-ring (bicyclic) bond motifs is 1. The number of anilines is 2. The third-order valence-corrected chi connectivity index (χ3v) is 8.46. The van der Waals surface area contributed by atoms with Gasteiger partial charge in [0.1, 0.15) is 0 Å². The molecule has 2 aliphatic carbocycles. The van der Waals surface area contributed by atoms with E-state index < -0.39 is 12.2 Å². The summed E-state index contributed by atoms with van der Waals surface area (Å²) in [5.74, 6) is -0.0662. The fraction of sp³-hybridized carbons (Fsp3) is 0.500. The zero-order valence-corrected chi connectivity index (χ0v) is 23.2. The van der Waals surface area contributed by atoms with Gasteiger partial charge in [0.05, 0.1) is 17.9 Å². The number of rotatable bonds is 6. The topological polar surface area (TPSA) is 90.9 Å². The van der Waals surface area contributed by atoms with Crippen molar-refractivity contribution in [2.45, 2.75) is 84.2 Å². The van der Waals surface area contributed by atoms with E-state index in [4.69, 9.17) is 4.99 Å². The van der Waals surface area contributed by atoms with Crippen LogP contribution in [0, 0.1) is 25.7 Å². The number of hydrogen-bond acceptors (Lipinski definition) is 4. The van der Waals surface area contributed by atoms with E-state index >= 15 is 0 Å². The summed E-state index contributed by atoms with van der Waals surface area (Å²) in [6.45, 7) is 3.95. The Labute approximate surface area is 231 Å². The fourth-order valence-corrected chi connectivity index (χ4v) is 6.42. The van der Waals surface area contributed by atoms with Crippen molar-refractivity contribution in [3.63, 3.8) is 0 Å². The van der Waals surface area contributed by atoms with Crippen molar-refractivity contribution in [1.82, 2.24) is 5.32 Å². The number of para-hydroxylation sites is 1.